The lowest BCUT2D eigenvalue weighted by atomic mass is 10.0. The highest BCUT2D eigenvalue weighted by molar-refractivity contribution is 5.66. The van der Waals surface area contributed by atoms with E-state index >= 15 is 0 Å². The zero-order valence-electron chi connectivity index (χ0n) is 13.6. The minimum atomic E-state index is -0.538. The van der Waals surface area contributed by atoms with Gasteiger partial charge in [0.15, 0.2) is 11.6 Å². The van der Waals surface area contributed by atoms with Crippen LogP contribution in [-0.4, -0.2) is 11.7 Å². The number of hydrogen-bond donors (Lipinski definition) is 1. The largest absolute Gasteiger partial charge is 0.507 e. The van der Waals surface area contributed by atoms with Gasteiger partial charge in [-0.3, -0.25) is 0 Å². The molecule has 0 saturated heterocycles. The molecule has 0 fully saturated rings. The molecular formula is C19H21FO3. The van der Waals surface area contributed by atoms with E-state index in [-0.39, 0.29) is 23.7 Å². The average molecular weight is 316 g/mol. The summed E-state index contributed by atoms with van der Waals surface area (Å²) in [5.74, 6) is -0.479. The van der Waals surface area contributed by atoms with Gasteiger partial charge in [0.25, 0.3) is 0 Å². The van der Waals surface area contributed by atoms with Crippen LogP contribution in [0.15, 0.2) is 36.6 Å². The van der Waals surface area contributed by atoms with Crippen LogP contribution in [-0.2, 0) is 11.3 Å². The lowest BCUT2D eigenvalue weighted by Crippen LogP contribution is -2.03. The second-order valence-corrected chi connectivity index (χ2v) is 5.19. The van der Waals surface area contributed by atoms with Crippen molar-refractivity contribution >= 4 is 6.08 Å². The molecule has 0 amide bonds. The predicted molar refractivity (Wildman–Crippen MR) is 89.0 cm³/mol. The SMILES string of the molecule is CCO/C=C/c1c(C)c(OCc2ccccc2)c(F)c(C)c1O. The Balaban J connectivity index is 2.34. The fourth-order valence-electron chi connectivity index (χ4n) is 2.26. The van der Waals surface area contributed by atoms with Crippen LogP contribution in [0.4, 0.5) is 4.39 Å². The maximum absolute atomic E-state index is 14.5. The van der Waals surface area contributed by atoms with Crippen molar-refractivity contribution in [3.8, 4) is 11.5 Å². The number of benzene rings is 2. The zero-order valence-corrected chi connectivity index (χ0v) is 13.6. The standard InChI is InChI=1S/C19H21FO3/c1-4-22-11-10-16-13(2)19(17(20)14(3)18(16)21)23-12-15-8-6-5-7-9-15/h5-11,21H,4,12H2,1-3H3/b11-10+. The molecule has 122 valence electrons. The van der Waals surface area contributed by atoms with Crippen LogP contribution < -0.4 is 4.74 Å². The maximum Gasteiger partial charge on any atom is 0.171 e. The third kappa shape index (κ3) is 3.83. The molecule has 23 heavy (non-hydrogen) atoms. The van der Waals surface area contributed by atoms with Gasteiger partial charge in [0.05, 0.1) is 12.9 Å². The van der Waals surface area contributed by atoms with Crippen LogP contribution in [0.2, 0.25) is 0 Å². The van der Waals surface area contributed by atoms with E-state index in [1.807, 2.05) is 37.3 Å². The summed E-state index contributed by atoms with van der Waals surface area (Å²) in [4.78, 5) is 0. The molecule has 0 radical (unpaired) electrons. The summed E-state index contributed by atoms with van der Waals surface area (Å²) < 4.78 is 25.3. The fourth-order valence-corrected chi connectivity index (χ4v) is 2.26. The summed E-state index contributed by atoms with van der Waals surface area (Å²) >= 11 is 0. The number of ether oxygens (including phenoxy) is 2. The van der Waals surface area contributed by atoms with Crippen molar-refractivity contribution in [1.29, 1.82) is 0 Å². The predicted octanol–water partition coefficient (Wildman–Crippen LogP) is 4.73. The summed E-state index contributed by atoms with van der Waals surface area (Å²) in [5, 5.41) is 10.2. The Hall–Kier alpha value is -2.49. The third-order valence-corrected chi connectivity index (χ3v) is 3.61. The molecule has 0 aliphatic carbocycles. The van der Waals surface area contributed by atoms with Crippen LogP contribution in [0.3, 0.4) is 0 Å². The molecule has 2 aromatic carbocycles. The van der Waals surface area contributed by atoms with Crippen molar-refractivity contribution in [2.45, 2.75) is 27.4 Å². The van der Waals surface area contributed by atoms with Crippen molar-refractivity contribution in [2.75, 3.05) is 6.61 Å². The van der Waals surface area contributed by atoms with Gasteiger partial charge >= 0.3 is 0 Å². The molecule has 0 aromatic heterocycles. The summed E-state index contributed by atoms with van der Waals surface area (Å²) in [6, 6.07) is 9.55. The van der Waals surface area contributed by atoms with Gasteiger partial charge in [-0.1, -0.05) is 30.3 Å². The quantitative estimate of drug-likeness (QED) is 0.783. The van der Waals surface area contributed by atoms with Crippen molar-refractivity contribution in [3.05, 3.63) is 64.7 Å². The van der Waals surface area contributed by atoms with Crippen molar-refractivity contribution < 1.29 is 19.0 Å². The monoisotopic (exact) mass is 316 g/mol. The molecular weight excluding hydrogens is 295 g/mol. The summed E-state index contributed by atoms with van der Waals surface area (Å²) in [7, 11) is 0. The van der Waals surface area contributed by atoms with Crippen molar-refractivity contribution in [3.63, 3.8) is 0 Å². The van der Waals surface area contributed by atoms with Gasteiger partial charge in [-0.2, -0.15) is 0 Å². The van der Waals surface area contributed by atoms with E-state index in [1.54, 1.807) is 13.0 Å². The Morgan fingerprint density at radius 3 is 2.48 bits per heavy atom. The molecule has 3 nitrogen and oxygen atoms in total. The van der Waals surface area contributed by atoms with Crippen LogP contribution in [0, 0.1) is 19.7 Å². The smallest absolute Gasteiger partial charge is 0.171 e. The zero-order chi connectivity index (χ0) is 16.8. The topological polar surface area (TPSA) is 38.7 Å². The number of hydrogen-bond acceptors (Lipinski definition) is 3. The van der Waals surface area contributed by atoms with Gasteiger partial charge in [-0.15, -0.1) is 0 Å². The average Bonchev–Trinajstić information content (AvgIpc) is 2.57. The van der Waals surface area contributed by atoms with E-state index in [0.29, 0.717) is 17.7 Å². The van der Waals surface area contributed by atoms with Gasteiger partial charge in [-0.05, 0) is 32.4 Å². The van der Waals surface area contributed by atoms with E-state index in [4.69, 9.17) is 9.47 Å². The number of phenols is 1. The Bertz CT molecular complexity index is 694. The number of rotatable bonds is 6. The number of halogens is 1. The van der Waals surface area contributed by atoms with E-state index < -0.39 is 5.82 Å². The van der Waals surface area contributed by atoms with E-state index in [9.17, 15) is 9.50 Å². The van der Waals surface area contributed by atoms with Gasteiger partial charge in [0.1, 0.15) is 12.4 Å². The minimum Gasteiger partial charge on any atom is -0.507 e. The Labute approximate surface area is 136 Å². The first-order valence-electron chi connectivity index (χ1n) is 7.52. The van der Waals surface area contributed by atoms with Gasteiger partial charge in [0, 0.05) is 16.7 Å². The highest BCUT2D eigenvalue weighted by atomic mass is 19.1. The van der Waals surface area contributed by atoms with E-state index in [0.717, 1.165) is 5.56 Å². The lowest BCUT2D eigenvalue weighted by Gasteiger charge is -2.16. The van der Waals surface area contributed by atoms with Gasteiger partial charge < -0.3 is 14.6 Å². The normalized spacial score (nSPS) is 11.0. The summed E-state index contributed by atoms with van der Waals surface area (Å²) in [6.07, 6.45) is 3.11. The van der Waals surface area contributed by atoms with Crippen LogP contribution in [0.5, 0.6) is 11.5 Å². The first-order valence-corrected chi connectivity index (χ1v) is 7.52. The van der Waals surface area contributed by atoms with Crippen LogP contribution in [0.25, 0.3) is 6.08 Å². The van der Waals surface area contributed by atoms with E-state index in [2.05, 4.69) is 0 Å². The van der Waals surface area contributed by atoms with Crippen LogP contribution in [0.1, 0.15) is 29.2 Å². The Kier molecular flexibility index (Phi) is 5.63. The van der Waals surface area contributed by atoms with Crippen molar-refractivity contribution in [1.82, 2.24) is 0 Å². The lowest BCUT2D eigenvalue weighted by molar-refractivity contribution is 0.271. The molecule has 0 aliphatic rings. The van der Waals surface area contributed by atoms with Gasteiger partial charge in [0.2, 0.25) is 0 Å². The van der Waals surface area contributed by atoms with Crippen LogP contribution >= 0.6 is 0 Å². The fraction of sp³-hybridized carbons (Fsp3) is 0.263. The first kappa shape index (κ1) is 16.9. The van der Waals surface area contributed by atoms with Crippen molar-refractivity contribution in [2.24, 2.45) is 0 Å². The molecule has 1 N–H and O–H groups in total. The molecule has 0 atom stereocenters. The second-order valence-electron chi connectivity index (χ2n) is 5.19. The Morgan fingerprint density at radius 2 is 1.83 bits per heavy atom. The molecule has 0 aliphatic heterocycles. The molecule has 0 spiro atoms. The highest BCUT2D eigenvalue weighted by Crippen LogP contribution is 2.37. The third-order valence-electron chi connectivity index (χ3n) is 3.61. The van der Waals surface area contributed by atoms with E-state index in [1.165, 1.54) is 13.2 Å². The minimum absolute atomic E-state index is 0.0944. The summed E-state index contributed by atoms with van der Waals surface area (Å²) in [5.41, 5.74) is 2.15. The molecule has 0 heterocycles. The molecule has 2 rings (SSSR count). The van der Waals surface area contributed by atoms with Gasteiger partial charge in [-0.25, -0.2) is 4.39 Å². The highest BCUT2D eigenvalue weighted by Gasteiger charge is 2.19. The maximum atomic E-state index is 14.5. The molecule has 0 unspecified atom stereocenters. The molecule has 0 bridgehead atoms. The Morgan fingerprint density at radius 1 is 1.13 bits per heavy atom. The summed E-state index contributed by atoms with van der Waals surface area (Å²) in [6.45, 7) is 5.89. The first-order chi connectivity index (χ1) is 11.1. The number of phenolic OH excluding ortho intramolecular Hbond substituents is 1. The molecule has 0 saturated carbocycles. The molecule has 2 aromatic rings. The second kappa shape index (κ2) is 7.68. The number of aromatic hydroxyl groups is 1. The molecule has 4 heteroatoms.